The van der Waals surface area contributed by atoms with E-state index in [4.69, 9.17) is 10.6 Å². The summed E-state index contributed by atoms with van der Waals surface area (Å²) in [5.74, 6) is 4.94. The van der Waals surface area contributed by atoms with Gasteiger partial charge in [-0.05, 0) is 48.9 Å². The van der Waals surface area contributed by atoms with Gasteiger partial charge in [-0.25, -0.2) is 8.78 Å². The predicted octanol–water partition coefficient (Wildman–Crippen LogP) is 1.77. The van der Waals surface area contributed by atoms with Crippen LogP contribution in [0.4, 0.5) is 8.78 Å². The Balaban J connectivity index is 2.06. The van der Waals surface area contributed by atoms with Crippen molar-refractivity contribution < 1.29 is 13.5 Å². The van der Waals surface area contributed by atoms with Crippen LogP contribution in [0.15, 0.2) is 18.2 Å². The van der Waals surface area contributed by atoms with Gasteiger partial charge in [0.25, 0.3) is 0 Å². The first-order valence-electron chi connectivity index (χ1n) is 6.18. The molecule has 0 bridgehead atoms. The van der Waals surface area contributed by atoms with Gasteiger partial charge in [0.1, 0.15) is 11.6 Å². The Morgan fingerprint density at radius 2 is 2.28 bits per heavy atom. The maximum atomic E-state index is 13.6. The van der Waals surface area contributed by atoms with Crippen molar-refractivity contribution in [2.45, 2.75) is 25.3 Å². The molecule has 0 spiro atoms. The highest BCUT2D eigenvalue weighted by atomic mass is 19.1. The minimum absolute atomic E-state index is 0.0957. The normalized spacial score (nSPS) is 21.8. The topological polar surface area (TPSA) is 47.3 Å². The average Bonchev–Trinajstić information content (AvgIpc) is 2.41. The van der Waals surface area contributed by atoms with E-state index >= 15 is 0 Å². The summed E-state index contributed by atoms with van der Waals surface area (Å²) in [5, 5.41) is 0. The molecule has 0 radical (unpaired) electrons. The third-order valence-corrected chi connectivity index (χ3v) is 3.43. The largest absolute Gasteiger partial charge is 0.381 e. The van der Waals surface area contributed by atoms with Gasteiger partial charge in [0.2, 0.25) is 0 Å². The van der Waals surface area contributed by atoms with Gasteiger partial charge in [-0.1, -0.05) is 0 Å². The summed E-state index contributed by atoms with van der Waals surface area (Å²) >= 11 is 0. The summed E-state index contributed by atoms with van der Waals surface area (Å²) in [6, 6.07) is 3.40. The molecule has 2 rings (SSSR count). The van der Waals surface area contributed by atoms with E-state index in [9.17, 15) is 8.78 Å². The maximum Gasteiger partial charge on any atom is 0.126 e. The first-order chi connectivity index (χ1) is 8.70. The van der Waals surface area contributed by atoms with E-state index in [-0.39, 0.29) is 12.0 Å². The van der Waals surface area contributed by atoms with E-state index in [1.807, 2.05) is 0 Å². The first-order valence-corrected chi connectivity index (χ1v) is 6.18. The number of benzene rings is 1. The molecule has 1 aromatic carbocycles. The summed E-state index contributed by atoms with van der Waals surface area (Å²) in [6.07, 6.45) is 2.34. The van der Waals surface area contributed by atoms with Crippen LogP contribution in [0, 0.1) is 17.6 Å². The van der Waals surface area contributed by atoms with Gasteiger partial charge in [-0.15, -0.1) is 0 Å². The molecule has 2 unspecified atom stereocenters. The molecule has 1 fully saturated rings. The highest BCUT2D eigenvalue weighted by molar-refractivity contribution is 5.20. The molecule has 1 aliphatic heterocycles. The van der Waals surface area contributed by atoms with Crippen molar-refractivity contribution >= 4 is 0 Å². The van der Waals surface area contributed by atoms with Gasteiger partial charge in [-0.2, -0.15) is 0 Å². The standard InChI is InChI=1S/C13H18F2N2O/c14-11-3-4-12(15)10(6-11)7-13(17-16)9-2-1-5-18-8-9/h3-4,6,9,13,17H,1-2,5,7-8,16H2. The monoisotopic (exact) mass is 256 g/mol. The van der Waals surface area contributed by atoms with Gasteiger partial charge in [-0.3, -0.25) is 11.3 Å². The fourth-order valence-corrected chi connectivity index (χ4v) is 2.38. The van der Waals surface area contributed by atoms with E-state index in [2.05, 4.69) is 5.43 Å². The molecule has 0 aromatic heterocycles. The van der Waals surface area contributed by atoms with Crippen LogP contribution in [-0.2, 0) is 11.2 Å². The van der Waals surface area contributed by atoms with Crippen molar-refractivity contribution in [3.05, 3.63) is 35.4 Å². The van der Waals surface area contributed by atoms with Gasteiger partial charge < -0.3 is 4.74 Å². The number of nitrogens with two attached hydrogens (primary N) is 1. The lowest BCUT2D eigenvalue weighted by Gasteiger charge is -2.29. The van der Waals surface area contributed by atoms with Crippen LogP contribution in [0.2, 0.25) is 0 Å². The Bertz CT molecular complexity index is 395. The quantitative estimate of drug-likeness (QED) is 0.637. The molecule has 18 heavy (non-hydrogen) atoms. The first kappa shape index (κ1) is 13.4. The highest BCUT2D eigenvalue weighted by Gasteiger charge is 2.24. The van der Waals surface area contributed by atoms with Crippen molar-refractivity contribution in [1.82, 2.24) is 5.43 Å². The zero-order valence-corrected chi connectivity index (χ0v) is 10.2. The molecular weight excluding hydrogens is 238 g/mol. The summed E-state index contributed by atoms with van der Waals surface area (Å²) in [5.41, 5.74) is 3.05. The van der Waals surface area contributed by atoms with Crippen LogP contribution in [-0.4, -0.2) is 19.3 Å². The lowest BCUT2D eigenvalue weighted by Crippen LogP contribution is -2.45. The lowest BCUT2D eigenvalue weighted by molar-refractivity contribution is 0.0392. The third-order valence-electron chi connectivity index (χ3n) is 3.43. The Morgan fingerprint density at radius 3 is 2.94 bits per heavy atom. The Morgan fingerprint density at radius 1 is 1.44 bits per heavy atom. The second-order valence-corrected chi connectivity index (χ2v) is 4.69. The molecule has 100 valence electrons. The van der Waals surface area contributed by atoms with Gasteiger partial charge in [0, 0.05) is 12.6 Å². The van der Waals surface area contributed by atoms with Crippen LogP contribution >= 0.6 is 0 Å². The second kappa shape index (κ2) is 6.22. The number of nitrogens with one attached hydrogen (secondary N) is 1. The van der Waals surface area contributed by atoms with Gasteiger partial charge >= 0.3 is 0 Å². The number of hydrogen-bond acceptors (Lipinski definition) is 3. The van der Waals surface area contributed by atoms with E-state index in [0.717, 1.165) is 31.6 Å². The Kier molecular flexibility index (Phi) is 4.63. The van der Waals surface area contributed by atoms with Crippen molar-refractivity contribution in [3.8, 4) is 0 Å². The maximum absolute atomic E-state index is 13.6. The van der Waals surface area contributed by atoms with Crippen LogP contribution in [0.25, 0.3) is 0 Å². The fraction of sp³-hybridized carbons (Fsp3) is 0.538. The molecule has 3 N–H and O–H groups in total. The number of ether oxygens (including phenoxy) is 1. The summed E-state index contributed by atoms with van der Waals surface area (Å²) in [4.78, 5) is 0. The van der Waals surface area contributed by atoms with Crippen molar-refractivity contribution in [2.75, 3.05) is 13.2 Å². The predicted molar refractivity (Wildman–Crippen MR) is 64.7 cm³/mol. The van der Waals surface area contributed by atoms with Crippen LogP contribution < -0.4 is 11.3 Å². The molecule has 2 atom stereocenters. The molecule has 1 aliphatic rings. The molecule has 5 heteroatoms. The highest BCUT2D eigenvalue weighted by Crippen LogP contribution is 2.21. The van der Waals surface area contributed by atoms with E-state index in [0.29, 0.717) is 18.6 Å². The van der Waals surface area contributed by atoms with E-state index in [1.54, 1.807) is 0 Å². The summed E-state index contributed by atoms with van der Waals surface area (Å²) in [7, 11) is 0. The summed E-state index contributed by atoms with van der Waals surface area (Å²) < 4.78 is 32.1. The van der Waals surface area contributed by atoms with Crippen molar-refractivity contribution in [1.29, 1.82) is 0 Å². The molecule has 3 nitrogen and oxygen atoms in total. The Hall–Kier alpha value is -1.04. The van der Waals surface area contributed by atoms with Crippen molar-refractivity contribution in [3.63, 3.8) is 0 Å². The number of halogens is 2. The van der Waals surface area contributed by atoms with Crippen molar-refractivity contribution in [2.24, 2.45) is 11.8 Å². The third kappa shape index (κ3) is 3.25. The number of rotatable bonds is 4. The molecular formula is C13H18F2N2O. The molecule has 0 aliphatic carbocycles. The number of hydrazine groups is 1. The zero-order valence-electron chi connectivity index (χ0n) is 10.2. The van der Waals surface area contributed by atoms with Crippen LogP contribution in [0.3, 0.4) is 0 Å². The molecule has 0 saturated carbocycles. The molecule has 1 heterocycles. The van der Waals surface area contributed by atoms with Crippen LogP contribution in [0.1, 0.15) is 18.4 Å². The molecule has 1 saturated heterocycles. The number of hydrogen-bond donors (Lipinski definition) is 2. The van der Waals surface area contributed by atoms with Crippen LogP contribution in [0.5, 0.6) is 0 Å². The smallest absolute Gasteiger partial charge is 0.126 e. The average molecular weight is 256 g/mol. The van der Waals surface area contributed by atoms with E-state index in [1.165, 1.54) is 6.07 Å². The van der Waals surface area contributed by atoms with E-state index < -0.39 is 11.6 Å². The van der Waals surface area contributed by atoms with Gasteiger partial charge in [0.05, 0.1) is 6.61 Å². The molecule has 1 aromatic rings. The minimum atomic E-state index is -0.429. The summed E-state index contributed by atoms with van der Waals surface area (Å²) in [6.45, 7) is 1.38. The zero-order chi connectivity index (χ0) is 13.0. The fourth-order valence-electron chi connectivity index (χ4n) is 2.38. The second-order valence-electron chi connectivity index (χ2n) is 4.69. The SMILES string of the molecule is NNC(Cc1cc(F)ccc1F)C1CCCOC1. The van der Waals surface area contributed by atoms with Gasteiger partial charge in [0.15, 0.2) is 0 Å². The lowest BCUT2D eigenvalue weighted by atomic mass is 9.89. The molecule has 0 amide bonds. The minimum Gasteiger partial charge on any atom is -0.381 e. The Labute approximate surface area is 105 Å².